The summed E-state index contributed by atoms with van der Waals surface area (Å²) in [6, 6.07) is 12.4. The van der Waals surface area contributed by atoms with Gasteiger partial charge < -0.3 is 20.3 Å². The number of benzene rings is 2. The van der Waals surface area contributed by atoms with E-state index >= 15 is 0 Å². The molecule has 2 aromatic carbocycles. The molecule has 0 saturated carbocycles. The van der Waals surface area contributed by atoms with E-state index in [0.717, 1.165) is 22.5 Å². The third kappa shape index (κ3) is 4.74. The maximum atomic E-state index is 12.0. The van der Waals surface area contributed by atoms with Crippen LogP contribution >= 0.6 is 0 Å². The lowest BCUT2D eigenvalue weighted by Crippen LogP contribution is -1.89. The monoisotopic (exact) mass is 361 g/mol. The molecule has 0 saturated heterocycles. The van der Waals surface area contributed by atoms with Crippen molar-refractivity contribution < 1.29 is 20.1 Å². The zero-order valence-electron chi connectivity index (χ0n) is 14.5. The molecule has 27 heavy (non-hydrogen) atoms. The van der Waals surface area contributed by atoms with Crippen LogP contribution in [0, 0.1) is 0 Å². The number of rotatable bonds is 6. The van der Waals surface area contributed by atoms with Crippen molar-refractivity contribution in [2.45, 2.75) is 6.61 Å². The average molecular weight is 361 g/mol. The predicted molar refractivity (Wildman–Crippen MR) is 106 cm³/mol. The van der Waals surface area contributed by atoms with Crippen molar-refractivity contribution in [3.63, 3.8) is 0 Å². The first-order valence-corrected chi connectivity index (χ1v) is 8.36. The lowest BCUT2D eigenvalue weighted by Gasteiger charge is -2.01. The van der Waals surface area contributed by atoms with E-state index in [-0.39, 0.29) is 23.9 Å². The van der Waals surface area contributed by atoms with E-state index in [1.54, 1.807) is 24.3 Å². The van der Waals surface area contributed by atoms with Crippen molar-refractivity contribution in [2.75, 3.05) is 0 Å². The quantitative estimate of drug-likeness (QED) is 0.302. The summed E-state index contributed by atoms with van der Waals surface area (Å²) in [4.78, 5) is 15.1. The van der Waals surface area contributed by atoms with E-state index in [4.69, 9.17) is 5.11 Å². The Kier molecular flexibility index (Phi) is 5.54. The zero-order chi connectivity index (χ0) is 19.2. The molecule has 0 bridgehead atoms. The topological polar surface area (TPSA) is 93.6 Å². The largest absolute Gasteiger partial charge is 0.508 e. The summed E-state index contributed by atoms with van der Waals surface area (Å²) >= 11 is 0. The minimum atomic E-state index is -0.340. The molecular weight excluding hydrogens is 342 g/mol. The van der Waals surface area contributed by atoms with Crippen LogP contribution in [-0.4, -0.2) is 26.1 Å². The van der Waals surface area contributed by atoms with Crippen LogP contribution in [0.2, 0.25) is 0 Å². The lowest BCUT2D eigenvalue weighted by molar-refractivity contribution is -0.110. The molecule has 1 aromatic heterocycles. The van der Waals surface area contributed by atoms with E-state index in [9.17, 15) is 15.0 Å². The maximum Gasteiger partial charge on any atom is 0.182 e. The van der Waals surface area contributed by atoms with E-state index < -0.39 is 0 Å². The van der Waals surface area contributed by atoms with Crippen LogP contribution in [-0.2, 0) is 11.4 Å². The molecule has 0 unspecified atom stereocenters. The van der Waals surface area contributed by atoms with Crippen molar-refractivity contribution in [3.8, 4) is 5.75 Å². The fourth-order valence-electron chi connectivity index (χ4n) is 2.61. The Bertz CT molecular complexity index is 1060. The van der Waals surface area contributed by atoms with Gasteiger partial charge >= 0.3 is 0 Å². The Morgan fingerprint density at radius 2 is 1.74 bits per heavy atom. The molecule has 0 amide bonds. The first-order chi connectivity index (χ1) is 13.0. The number of hydrogen-bond acceptors (Lipinski definition) is 4. The number of aliphatic hydroxyl groups is 2. The predicted octanol–water partition coefficient (Wildman–Crippen LogP) is 4.10. The van der Waals surface area contributed by atoms with E-state index in [1.165, 1.54) is 18.2 Å². The molecule has 0 spiro atoms. The molecule has 0 fully saturated rings. The van der Waals surface area contributed by atoms with E-state index in [2.05, 4.69) is 4.98 Å². The van der Waals surface area contributed by atoms with Crippen LogP contribution in [0.3, 0.4) is 0 Å². The molecule has 0 radical (unpaired) electrons. The van der Waals surface area contributed by atoms with Crippen LogP contribution in [0.4, 0.5) is 0 Å². The van der Waals surface area contributed by atoms with Crippen LogP contribution in [0.5, 0.6) is 5.75 Å². The third-order valence-electron chi connectivity index (χ3n) is 4.03. The number of H-pyrrole nitrogens is 1. The zero-order valence-corrected chi connectivity index (χ0v) is 14.5. The highest BCUT2D eigenvalue weighted by Gasteiger charge is 2.00. The highest BCUT2D eigenvalue weighted by atomic mass is 16.3. The summed E-state index contributed by atoms with van der Waals surface area (Å²) in [6.45, 7) is -0.285. The number of carbonyl (C=O) groups excluding carboxylic acids is 1. The second kappa shape index (κ2) is 8.21. The molecular formula is C22H19NO4. The van der Waals surface area contributed by atoms with Gasteiger partial charge in [-0.05, 0) is 59.0 Å². The Morgan fingerprint density at radius 1 is 1.00 bits per heavy atom. The minimum Gasteiger partial charge on any atom is -0.508 e. The van der Waals surface area contributed by atoms with E-state index in [1.807, 2.05) is 30.5 Å². The van der Waals surface area contributed by atoms with Crippen LogP contribution in [0.1, 0.15) is 16.7 Å². The summed E-state index contributed by atoms with van der Waals surface area (Å²) < 4.78 is 0. The number of aromatic amines is 1. The second-order valence-electron chi connectivity index (χ2n) is 6.01. The number of nitrogens with one attached hydrogen (secondary N) is 1. The first-order valence-electron chi connectivity index (χ1n) is 8.36. The molecule has 3 rings (SSSR count). The molecule has 0 atom stereocenters. The Hall–Kier alpha value is -3.57. The van der Waals surface area contributed by atoms with Gasteiger partial charge in [0.1, 0.15) is 11.5 Å². The number of aliphatic hydroxyl groups excluding tert-OH is 2. The van der Waals surface area contributed by atoms with Crippen LogP contribution in [0.25, 0.3) is 23.1 Å². The van der Waals surface area contributed by atoms with Crippen molar-refractivity contribution in [1.82, 2.24) is 4.98 Å². The fraction of sp³-hybridized carbons (Fsp3) is 0.0455. The van der Waals surface area contributed by atoms with Gasteiger partial charge in [-0.2, -0.15) is 0 Å². The summed E-state index contributed by atoms with van der Waals surface area (Å²) in [6.07, 6.45) is 9.02. The molecule has 136 valence electrons. The van der Waals surface area contributed by atoms with Gasteiger partial charge in [-0.3, -0.25) is 4.79 Å². The van der Waals surface area contributed by atoms with Crippen molar-refractivity contribution >= 4 is 28.8 Å². The number of fused-ring (bicyclic) bond motifs is 1. The molecule has 5 nitrogen and oxygen atoms in total. The summed E-state index contributed by atoms with van der Waals surface area (Å²) in [7, 11) is 0. The van der Waals surface area contributed by atoms with Crippen molar-refractivity contribution in [3.05, 3.63) is 89.3 Å². The molecule has 4 N–H and O–H groups in total. The van der Waals surface area contributed by atoms with Gasteiger partial charge in [0.15, 0.2) is 5.78 Å². The SMILES string of the molecule is O=C(C=C(O)/C=C/c1ccc(O)c(CO)c1)/C=C/c1ccc2[nH]ccc2c1. The van der Waals surface area contributed by atoms with Gasteiger partial charge in [-0.25, -0.2) is 0 Å². The number of hydrogen-bond donors (Lipinski definition) is 4. The highest BCUT2D eigenvalue weighted by Crippen LogP contribution is 2.19. The molecule has 0 aliphatic rings. The Balaban J connectivity index is 1.66. The first kappa shape index (κ1) is 18.2. The Labute approximate surface area is 156 Å². The fourth-order valence-corrected chi connectivity index (χ4v) is 2.61. The Morgan fingerprint density at radius 3 is 2.56 bits per heavy atom. The number of ketones is 1. The summed E-state index contributed by atoms with van der Waals surface area (Å²) in [5, 5.41) is 29.6. The van der Waals surface area contributed by atoms with Crippen LogP contribution < -0.4 is 0 Å². The molecule has 3 aromatic rings. The lowest BCUT2D eigenvalue weighted by atomic mass is 10.1. The van der Waals surface area contributed by atoms with Gasteiger partial charge in [-0.15, -0.1) is 0 Å². The number of phenols is 1. The number of allylic oxidation sites excluding steroid dienone is 3. The minimum absolute atomic E-state index is 0.00700. The second-order valence-corrected chi connectivity index (χ2v) is 6.01. The standard InChI is InChI=1S/C22H19NO4/c24-14-18-12-16(4-8-22(18)27)2-6-20(26)13-19(25)5-1-15-3-7-21-17(11-15)9-10-23-21/h1-13,23-24,26-27H,14H2/b5-1+,6-2+,20-13?. The smallest absolute Gasteiger partial charge is 0.182 e. The summed E-state index contributed by atoms with van der Waals surface area (Å²) in [5.41, 5.74) is 2.98. The normalized spacial score (nSPS) is 12.4. The van der Waals surface area contributed by atoms with Crippen LogP contribution in [0.15, 0.2) is 72.6 Å². The van der Waals surface area contributed by atoms with Gasteiger partial charge in [0.05, 0.1) is 6.61 Å². The van der Waals surface area contributed by atoms with Crippen molar-refractivity contribution in [2.24, 2.45) is 0 Å². The van der Waals surface area contributed by atoms with Crippen molar-refractivity contribution in [1.29, 1.82) is 0 Å². The van der Waals surface area contributed by atoms with E-state index in [0.29, 0.717) is 11.1 Å². The van der Waals surface area contributed by atoms with Gasteiger partial charge in [0, 0.05) is 23.4 Å². The summed E-state index contributed by atoms with van der Waals surface area (Å²) in [5.74, 6) is -0.523. The molecule has 0 aliphatic carbocycles. The van der Waals surface area contributed by atoms with Gasteiger partial charge in [0.2, 0.25) is 0 Å². The molecule has 0 aliphatic heterocycles. The number of aromatic nitrogens is 1. The average Bonchev–Trinajstić information content (AvgIpc) is 3.13. The number of carbonyl (C=O) groups is 1. The van der Waals surface area contributed by atoms with Gasteiger partial charge in [-0.1, -0.05) is 24.3 Å². The van der Waals surface area contributed by atoms with Gasteiger partial charge in [0.25, 0.3) is 0 Å². The molecule has 1 heterocycles. The maximum absolute atomic E-state index is 12.0. The third-order valence-corrected chi connectivity index (χ3v) is 4.03. The highest BCUT2D eigenvalue weighted by molar-refractivity contribution is 6.02. The molecule has 5 heteroatoms. The number of aromatic hydroxyl groups is 1.